The van der Waals surface area contributed by atoms with E-state index in [1.807, 2.05) is 0 Å². The second-order valence-corrected chi connectivity index (χ2v) is 5.61. The second-order valence-electron chi connectivity index (χ2n) is 5.61. The van der Waals surface area contributed by atoms with E-state index in [2.05, 4.69) is 6.92 Å². The molecule has 92 valence electrons. The van der Waals surface area contributed by atoms with Crippen LogP contribution < -0.4 is 0 Å². The van der Waals surface area contributed by atoms with Gasteiger partial charge in [-0.05, 0) is 50.4 Å². The van der Waals surface area contributed by atoms with Crippen LogP contribution in [0.25, 0.3) is 0 Å². The van der Waals surface area contributed by atoms with Gasteiger partial charge < -0.3 is 10.2 Å². The van der Waals surface area contributed by atoms with Crippen molar-refractivity contribution in [3.8, 4) is 0 Å². The number of aliphatic hydroxyl groups is 1. The molecule has 2 saturated carbocycles. The highest BCUT2D eigenvalue weighted by atomic mass is 16.4. The Bertz CT molecular complexity index is 267. The maximum absolute atomic E-state index is 11.7. The Hall–Kier alpha value is -0.570. The van der Waals surface area contributed by atoms with Crippen LogP contribution in [-0.2, 0) is 4.79 Å². The van der Waals surface area contributed by atoms with E-state index in [4.69, 9.17) is 0 Å². The number of hydrogen-bond donors (Lipinski definition) is 2. The smallest absolute Gasteiger partial charge is 0.310 e. The van der Waals surface area contributed by atoms with Crippen molar-refractivity contribution in [1.29, 1.82) is 0 Å². The maximum Gasteiger partial charge on any atom is 0.310 e. The minimum absolute atomic E-state index is 0.0268. The fourth-order valence-corrected chi connectivity index (χ4v) is 3.84. The Morgan fingerprint density at radius 2 is 1.81 bits per heavy atom. The zero-order valence-corrected chi connectivity index (χ0v) is 10.0. The lowest BCUT2D eigenvalue weighted by atomic mass is 9.48. The molecule has 0 unspecified atom stereocenters. The highest BCUT2D eigenvalue weighted by molar-refractivity contribution is 5.76. The normalized spacial score (nSPS) is 37.8. The molecule has 16 heavy (non-hydrogen) atoms. The first-order valence-corrected chi connectivity index (χ1v) is 6.48. The Morgan fingerprint density at radius 1 is 1.25 bits per heavy atom. The monoisotopic (exact) mass is 226 g/mol. The van der Waals surface area contributed by atoms with Crippen molar-refractivity contribution in [1.82, 2.24) is 0 Å². The zero-order chi connectivity index (χ0) is 11.8. The summed E-state index contributed by atoms with van der Waals surface area (Å²) in [4.78, 5) is 11.7. The second kappa shape index (κ2) is 4.02. The van der Waals surface area contributed by atoms with Crippen LogP contribution >= 0.6 is 0 Å². The molecule has 0 aromatic rings. The number of aliphatic carboxylic acids is 1. The summed E-state index contributed by atoms with van der Waals surface area (Å²) in [6.07, 6.45) is 6.64. The van der Waals surface area contributed by atoms with Gasteiger partial charge in [0.05, 0.1) is 11.5 Å². The Kier molecular flexibility index (Phi) is 2.99. The lowest BCUT2D eigenvalue weighted by Gasteiger charge is -2.55. The molecular formula is C13H22O3. The Morgan fingerprint density at radius 3 is 2.12 bits per heavy atom. The molecule has 2 aliphatic rings. The fourth-order valence-electron chi connectivity index (χ4n) is 3.84. The lowest BCUT2D eigenvalue weighted by molar-refractivity contribution is -0.174. The third-order valence-corrected chi connectivity index (χ3v) is 5.22. The molecule has 0 radical (unpaired) electrons. The van der Waals surface area contributed by atoms with E-state index < -0.39 is 11.4 Å². The van der Waals surface area contributed by atoms with Gasteiger partial charge in [-0.1, -0.05) is 13.3 Å². The number of aliphatic hydroxyl groups excluding tert-OH is 1. The van der Waals surface area contributed by atoms with Gasteiger partial charge in [0.1, 0.15) is 0 Å². The molecule has 3 heteroatoms. The van der Waals surface area contributed by atoms with E-state index in [9.17, 15) is 15.0 Å². The third-order valence-electron chi connectivity index (χ3n) is 5.22. The molecule has 0 aromatic heterocycles. The van der Waals surface area contributed by atoms with Crippen LogP contribution in [0.5, 0.6) is 0 Å². The average molecular weight is 226 g/mol. The van der Waals surface area contributed by atoms with Crippen LogP contribution in [0.1, 0.15) is 58.3 Å². The first-order chi connectivity index (χ1) is 7.56. The van der Waals surface area contributed by atoms with Crippen molar-refractivity contribution in [3.05, 3.63) is 0 Å². The fraction of sp³-hybridized carbons (Fsp3) is 0.923. The number of carboxylic acid groups (broad SMARTS) is 1. The zero-order valence-electron chi connectivity index (χ0n) is 10.0. The molecule has 0 amide bonds. The van der Waals surface area contributed by atoms with Gasteiger partial charge in [0.2, 0.25) is 0 Å². The molecule has 0 atom stereocenters. The molecule has 0 aromatic carbocycles. The number of carboxylic acids is 1. The van der Waals surface area contributed by atoms with Crippen LogP contribution in [0, 0.1) is 10.8 Å². The minimum Gasteiger partial charge on any atom is -0.481 e. The van der Waals surface area contributed by atoms with Gasteiger partial charge in [-0.2, -0.15) is 0 Å². The van der Waals surface area contributed by atoms with E-state index in [1.165, 1.54) is 6.42 Å². The van der Waals surface area contributed by atoms with E-state index in [0.717, 1.165) is 19.3 Å². The lowest BCUT2D eigenvalue weighted by Crippen LogP contribution is -2.53. The maximum atomic E-state index is 11.7. The molecule has 0 bridgehead atoms. The van der Waals surface area contributed by atoms with E-state index in [0.29, 0.717) is 25.7 Å². The molecular weight excluding hydrogens is 204 g/mol. The topological polar surface area (TPSA) is 57.5 Å². The number of rotatable bonds is 3. The van der Waals surface area contributed by atoms with Gasteiger partial charge >= 0.3 is 5.97 Å². The summed E-state index contributed by atoms with van der Waals surface area (Å²) < 4.78 is 0. The number of hydrogen-bond acceptors (Lipinski definition) is 2. The van der Waals surface area contributed by atoms with Crippen molar-refractivity contribution in [3.63, 3.8) is 0 Å². The first kappa shape index (κ1) is 11.9. The molecule has 3 nitrogen and oxygen atoms in total. The quantitative estimate of drug-likeness (QED) is 0.777. The molecule has 0 aliphatic heterocycles. The summed E-state index contributed by atoms with van der Waals surface area (Å²) in [5.41, 5.74) is -0.516. The molecule has 0 heterocycles. The molecule has 2 rings (SSSR count). The largest absolute Gasteiger partial charge is 0.481 e. The Balaban J connectivity index is 2.25. The highest BCUT2D eigenvalue weighted by Gasteiger charge is 2.58. The van der Waals surface area contributed by atoms with Crippen LogP contribution in [-0.4, -0.2) is 22.3 Å². The summed E-state index contributed by atoms with van der Waals surface area (Å²) in [5.74, 6) is -0.624. The molecule has 2 fully saturated rings. The number of carbonyl (C=O) groups is 1. The Labute approximate surface area is 96.9 Å². The van der Waals surface area contributed by atoms with Crippen LogP contribution in [0.15, 0.2) is 0 Å². The van der Waals surface area contributed by atoms with Crippen molar-refractivity contribution < 1.29 is 15.0 Å². The predicted octanol–water partition coefficient (Wildman–Crippen LogP) is 2.57. The summed E-state index contributed by atoms with van der Waals surface area (Å²) in [7, 11) is 0. The first-order valence-electron chi connectivity index (χ1n) is 6.48. The standard InChI is InChI=1S/C13H22O3/c1-2-12(6-3-7-12)13(11(15)16)8-4-10(14)5-9-13/h10,14H,2-9H2,1H3,(H,15,16). The van der Waals surface area contributed by atoms with Crippen LogP contribution in [0.3, 0.4) is 0 Å². The average Bonchev–Trinajstić information content (AvgIpc) is 2.19. The van der Waals surface area contributed by atoms with E-state index in [-0.39, 0.29) is 11.5 Å². The summed E-state index contributed by atoms with van der Waals surface area (Å²) in [6, 6.07) is 0. The molecule has 0 spiro atoms. The summed E-state index contributed by atoms with van der Waals surface area (Å²) in [5, 5.41) is 19.2. The minimum atomic E-state index is -0.624. The third kappa shape index (κ3) is 1.48. The van der Waals surface area contributed by atoms with Gasteiger partial charge in [-0.3, -0.25) is 4.79 Å². The van der Waals surface area contributed by atoms with Gasteiger partial charge in [0.15, 0.2) is 0 Å². The summed E-state index contributed by atoms with van der Waals surface area (Å²) in [6.45, 7) is 2.12. The molecule has 2 N–H and O–H groups in total. The van der Waals surface area contributed by atoms with Crippen molar-refractivity contribution >= 4 is 5.97 Å². The van der Waals surface area contributed by atoms with E-state index >= 15 is 0 Å². The SMILES string of the molecule is CCC1(C2(C(=O)O)CCC(O)CC2)CCC1. The predicted molar refractivity (Wildman–Crippen MR) is 61.1 cm³/mol. The van der Waals surface area contributed by atoms with Crippen LogP contribution in [0.2, 0.25) is 0 Å². The van der Waals surface area contributed by atoms with Crippen molar-refractivity contribution in [2.75, 3.05) is 0 Å². The van der Waals surface area contributed by atoms with Crippen LogP contribution in [0.4, 0.5) is 0 Å². The van der Waals surface area contributed by atoms with Crippen molar-refractivity contribution in [2.45, 2.75) is 64.4 Å². The molecule has 0 saturated heterocycles. The van der Waals surface area contributed by atoms with Gasteiger partial charge in [0.25, 0.3) is 0 Å². The molecule has 2 aliphatic carbocycles. The van der Waals surface area contributed by atoms with Crippen molar-refractivity contribution in [2.24, 2.45) is 10.8 Å². The summed E-state index contributed by atoms with van der Waals surface area (Å²) >= 11 is 0. The van der Waals surface area contributed by atoms with Gasteiger partial charge in [-0.25, -0.2) is 0 Å². The van der Waals surface area contributed by atoms with E-state index in [1.54, 1.807) is 0 Å². The van der Waals surface area contributed by atoms with Gasteiger partial charge in [0, 0.05) is 0 Å². The van der Waals surface area contributed by atoms with Gasteiger partial charge in [-0.15, -0.1) is 0 Å². The highest BCUT2D eigenvalue weighted by Crippen LogP contribution is 2.61.